The molecular formula is C21H14F6N6O. The van der Waals surface area contributed by atoms with Gasteiger partial charge >= 0.3 is 18.4 Å². The van der Waals surface area contributed by atoms with Crippen LogP contribution in [0.4, 0.5) is 48.3 Å². The van der Waals surface area contributed by atoms with Crippen LogP contribution in [0.25, 0.3) is 16.6 Å². The molecule has 7 nitrogen and oxygen atoms in total. The summed E-state index contributed by atoms with van der Waals surface area (Å²) in [6.07, 6.45) is -8.39. The maximum Gasteiger partial charge on any atom is 0.416 e. The lowest BCUT2D eigenvalue weighted by molar-refractivity contribution is -0.143. The van der Waals surface area contributed by atoms with E-state index >= 15 is 0 Å². The van der Waals surface area contributed by atoms with Crippen LogP contribution in [0, 0.1) is 0 Å². The number of rotatable bonds is 3. The quantitative estimate of drug-likeness (QED) is 0.330. The molecule has 0 aliphatic rings. The van der Waals surface area contributed by atoms with Gasteiger partial charge in [-0.1, -0.05) is 23.4 Å². The molecular weight excluding hydrogens is 466 g/mol. The van der Waals surface area contributed by atoms with Gasteiger partial charge in [-0.2, -0.15) is 26.3 Å². The first kappa shape index (κ1) is 22.9. The molecule has 2 aromatic carbocycles. The number of hydrogen-bond acceptors (Lipinski definition) is 4. The number of anilines is 3. The number of benzene rings is 2. The van der Waals surface area contributed by atoms with Crippen molar-refractivity contribution in [2.24, 2.45) is 0 Å². The normalized spacial score (nSPS) is 12.1. The standard InChI is InChI=1S/C21H14F6N6O/c22-20(23,24)12-8-13(21(25,26)27)10-15(9-12)30-19(34)29-14-5-3-11(4-6-14)16-2-1-7-33-17(16)18(28)31-32-33/h1-10H,28H2,(H2,29,30,34). The Bertz CT molecular complexity index is 1330. The van der Waals surface area contributed by atoms with Gasteiger partial charge in [0.2, 0.25) is 0 Å². The molecule has 0 unspecified atom stereocenters. The van der Waals surface area contributed by atoms with Crippen molar-refractivity contribution in [1.29, 1.82) is 0 Å². The summed E-state index contributed by atoms with van der Waals surface area (Å²) in [5.74, 6) is 0.219. The molecule has 4 aromatic rings. The van der Waals surface area contributed by atoms with Crippen LogP contribution in [0.3, 0.4) is 0 Å². The monoisotopic (exact) mass is 480 g/mol. The second kappa shape index (κ2) is 8.24. The Morgan fingerprint density at radius 3 is 2.03 bits per heavy atom. The van der Waals surface area contributed by atoms with E-state index in [0.717, 1.165) is 0 Å². The molecule has 0 bridgehead atoms. The number of nitrogens with zero attached hydrogens (tertiary/aromatic N) is 3. The molecule has 0 atom stereocenters. The fourth-order valence-corrected chi connectivity index (χ4v) is 3.26. The van der Waals surface area contributed by atoms with Crippen LogP contribution in [-0.2, 0) is 12.4 Å². The summed E-state index contributed by atoms with van der Waals surface area (Å²) in [5.41, 5.74) is 4.36. The van der Waals surface area contributed by atoms with Crippen molar-refractivity contribution < 1.29 is 31.1 Å². The van der Waals surface area contributed by atoms with E-state index in [2.05, 4.69) is 15.6 Å². The van der Waals surface area contributed by atoms with Crippen LogP contribution in [0.5, 0.6) is 0 Å². The van der Waals surface area contributed by atoms with Gasteiger partial charge in [-0.05, 0) is 42.0 Å². The van der Waals surface area contributed by atoms with Crippen molar-refractivity contribution in [3.8, 4) is 11.1 Å². The average molecular weight is 480 g/mol. The first-order chi connectivity index (χ1) is 15.9. The molecule has 2 heterocycles. The third-order valence-electron chi connectivity index (χ3n) is 4.77. The van der Waals surface area contributed by atoms with Gasteiger partial charge in [-0.3, -0.25) is 0 Å². The lowest BCUT2D eigenvalue weighted by atomic mass is 10.1. The minimum absolute atomic E-state index is 0.0226. The van der Waals surface area contributed by atoms with Gasteiger partial charge in [-0.15, -0.1) is 5.10 Å². The largest absolute Gasteiger partial charge is 0.416 e. The smallest absolute Gasteiger partial charge is 0.380 e. The van der Waals surface area contributed by atoms with Crippen molar-refractivity contribution in [3.63, 3.8) is 0 Å². The third kappa shape index (κ3) is 4.72. The summed E-state index contributed by atoms with van der Waals surface area (Å²) in [5, 5.41) is 12.1. The number of nitrogens with two attached hydrogens (primary N) is 1. The number of carbonyl (C=O) groups excluding carboxylic acids is 1. The molecule has 0 spiro atoms. The summed E-state index contributed by atoms with van der Waals surface area (Å²) in [6.45, 7) is 0. The maximum absolute atomic E-state index is 13.0. The fraction of sp³-hybridized carbons (Fsp3) is 0.0952. The van der Waals surface area contributed by atoms with E-state index in [-0.39, 0.29) is 17.6 Å². The molecule has 0 aliphatic carbocycles. The molecule has 2 amide bonds. The van der Waals surface area contributed by atoms with Crippen molar-refractivity contribution in [2.45, 2.75) is 12.4 Å². The van der Waals surface area contributed by atoms with Crippen LogP contribution >= 0.6 is 0 Å². The molecule has 0 aliphatic heterocycles. The second-order valence-corrected chi connectivity index (χ2v) is 7.14. The molecule has 0 radical (unpaired) electrons. The minimum Gasteiger partial charge on any atom is -0.380 e. The Hall–Kier alpha value is -4.29. The predicted molar refractivity (Wildman–Crippen MR) is 112 cm³/mol. The van der Waals surface area contributed by atoms with Crippen LogP contribution in [-0.4, -0.2) is 20.9 Å². The zero-order valence-corrected chi connectivity index (χ0v) is 16.9. The lowest BCUT2D eigenvalue weighted by Gasteiger charge is -2.15. The molecule has 0 fully saturated rings. The van der Waals surface area contributed by atoms with E-state index in [9.17, 15) is 31.1 Å². The number of halogens is 6. The number of fused-ring (bicyclic) bond motifs is 1. The first-order valence-electron chi connectivity index (χ1n) is 9.49. The number of pyridine rings is 1. The Morgan fingerprint density at radius 1 is 0.853 bits per heavy atom. The number of amides is 2. The SMILES string of the molecule is Nc1nnn2cccc(-c3ccc(NC(=O)Nc4cc(C(F)(F)F)cc(C(F)(F)F)c4)cc3)c12. The van der Waals surface area contributed by atoms with Gasteiger partial charge in [0, 0.05) is 23.1 Å². The summed E-state index contributed by atoms with van der Waals surface area (Å²) in [7, 11) is 0. The lowest BCUT2D eigenvalue weighted by Crippen LogP contribution is -2.20. The van der Waals surface area contributed by atoms with Gasteiger partial charge in [0.05, 0.1) is 11.1 Å². The summed E-state index contributed by atoms with van der Waals surface area (Å²) >= 11 is 0. The van der Waals surface area contributed by atoms with Gasteiger partial charge < -0.3 is 16.4 Å². The number of hydrogen-bond donors (Lipinski definition) is 3. The van der Waals surface area contributed by atoms with Crippen molar-refractivity contribution >= 4 is 28.7 Å². The van der Waals surface area contributed by atoms with Crippen molar-refractivity contribution in [2.75, 3.05) is 16.4 Å². The minimum atomic E-state index is -5.03. The molecule has 2 aromatic heterocycles. The second-order valence-electron chi connectivity index (χ2n) is 7.14. The van der Waals surface area contributed by atoms with Crippen molar-refractivity contribution in [3.05, 3.63) is 71.9 Å². The Balaban J connectivity index is 1.53. The van der Waals surface area contributed by atoms with E-state index in [0.29, 0.717) is 28.8 Å². The zero-order chi connectivity index (χ0) is 24.7. The van der Waals surface area contributed by atoms with Crippen molar-refractivity contribution in [1.82, 2.24) is 14.8 Å². The first-order valence-corrected chi connectivity index (χ1v) is 9.49. The number of alkyl halides is 6. The van der Waals surface area contributed by atoms with Gasteiger partial charge in [0.1, 0.15) is 5.52 Å². The Kier molecular flexibility index (Phi) is 5.55. The topological polar surface area (TPSA) is 97.3 Å². The van der Waals surface area contributed by atoms with E-state index in [4.69, 9.17) is 5.73 Å². The van der Waals surface area contributed by atoms with Crippen LogP contribution in [0.1, 0.15) is 11.1 Å². The van der Waals surface area contributed by atoms with Gasteiger partial charge in [0.15, 0.2) is 5.82 Å². The van der Waals surface area contributed by atoms with E-state index in [1.807, 2.05) is 5.32 Å². The molecule has 176 valence electrons. The highest BCUT2D eigenvalue weighted by atomic mass is 19.4. The van der Waals surface area contributed by atoms with E-state index < -0.39 is 35.2 Å². The average Bonchev–Trinajstić information content (AvgIpc) is 3.14. The summed E-state index contributed by atoms with van der Waals surface area (Å²) in [4.78, 5) is 12.2. The van der Waals surface area contributed by atoms with Crippen LogP contribution < -0.4 is 16.4 Å². The van der Waals surface area contributed by atoms with Gasteiger partial charge in [-0.25, -0.2) is 9.31 Å². The zero-order valence-electron chi connectivity index (χ0n) is 16.9. The number of nitrogens with one attached hydrogen (secondary N) is 2. The molecule has 0 saturated heterocycles. The number of nitrogen functional groups attached to an aromatic ring is 1. The molecule has 34 heavy (non-hydrogen) atoms. The predicted octanol–water partition coefficient (Wildman–Crippen LogP) is 5.66. The highest BCUT2D eigenvalue weighted by Crippen LogP contribution is 2.37. The molecule has 4 rings (SSSR count). The number of urea groups is 1. The summed E-state index contributed by atoms with van der Waals surface area (Å²) < 4.78 is 79.4. The molecule has 4 N–H and O–H groups in total. The summed E-state index contributed by atoms with van der Waals surface area (Å²) in [6, 6.07) is 9.61. The highest BCUT2D eigenvalue weighted by Gasteiger charge is 2.37. The number of carbonyl (C=O) groups is 1. The Labute approximate surface area is 187 Å². The Morgan fingerprint density at radius 2 is 1.44 bits per heavy atom. The van der Waals surface area contributed by atoms with Crippen LogP contribution in [0.2, 0.25) is 0 Å². The van der Waals surface area contributed by atoms with Gasteiger partial charge in [0.25, 0.3) is 0 Å². The third-order valence-corrected chi connectivity index (χ3v) is 4.77. The highest BCUT2D eigenvalue weighted by molar-refractivity contribution is 6.00. The molecule has 13 heteroatoms. The number of aromatic nitrogens is 3. The van der Waals surface area contributed by atoms with E-state index in [1.165, 1.54) is 16.6 Å². The van der Waals surface area contributed by atoms with Crippen LogP contribution in [0.15, 0.2) is 60.8 Å². The molecule has 0 saturated carbocycles. The van der Waals surface area contributed by atoms with E-state index in [1.54, 1.807) is 30.5 Å². The fourth-order valence-electron chi connectivity index (χ4n) is 3.26. The maximum atomic E-state index is 13.0.